The van der Waals surface area contributed by atoms with Crippen molar-refractivity contribution < 1.29 is 39.6 Å². The average Bonchev–Trinajstić information content (AvgIpc) is 1.88. The standard InChI is InChI=1S/2C2H2O4.Sr/c2*3-1(4)2(5)6;/h2*(H,3,4)(H,5,6);/q;;+2/p-2. The van der Waals surface area contributed by atoms with Gasteiger partial charge in [-0.2, -0.15) is 0 Å². The SMILES string of the molecule is O=C([O-])C(=O)O.O=C([O-])C(=O)O.[Sr+2]. The minimum Gasteiger partial charge on any atom is -0.539 e. The van der Waals surface area contributed by atoms with E-state index >= 15 is 0 Å². The molecule has 0 radical (unpaired) electrons. The Labute approximate surface area is 108 Å². The molecule has 0 spiro atoms. The number of hydrogen-bond acceptors (Lipinski definition) is 6. The predicted molar refractivity (Wildman–Crippen MR) is 31.0 cm³/mol. The first-order valence-corrected chi connectivity index (χ1v) is 2.17. The van der Waals surface area contributed by atoms with Crippen LogP contribution in [0, 0.1) is 0 Å². The smallest absolute Gasteiger partial charge is 0.539 e. The van der Waals surface area contributed by atoms with Gasteiger partial charge in [-0.3, -0.25) is 0 Å². The van der Waals surface area contributed by atoms with Crippen molar-refractivity contribution in [2.75, 3.05) is 0 Å². The molecule has 0 aliphatic rings. The summed E-state index contributed by atoms with van der Waals surface area (Å²) in [6, 6.07) is 0. The molecule has 0 aliphatic heterocycles. The van der Waals surface area contributed by atoms with E-state index < -0.39 is 23.9 Å². The van der Waals surface area contributed by atoms with Crippen LogP contribution in [-0.4, -0.2) is 79.6 Å². The fourth-order valence-corrected chi connectivity index (χ4v) is 0. The molecule has 0 unspecified atom stereocenters. The van der Waals surface area contributed by atoms with Crippen LogP contribution in [0.25, 0.3) is 0 Å². The Morgan fingerprint density at radius 3 is 0.846 bits per heavy atom. The third-order valence-electron chi connectivity index (χ3n) is 0.349. The Balaban J connectivity index is -0.000000143. The summed E-state index contributed by atoms with van der Waals surface area (Å²) in [6.45, 7) is 0. The average molecular weight is 266 g/mol. The molecule has 13 heavy (non-hydrogen) atoms. The first-order chi connectivity index (χ1) is 5.29. The molecule has 0 aromatic rings. The summed E-state index contributed by atoms with van der Waals surface area (Å²) in [5, 5.41) is 32.6. The van der Waals surface area contributed by atoms with Gasteiger partial charge in [-0.05, 0) is 0 Å². The number of carboxylic acids is 4. The zero-order valence-corrected chi connectivity index (χ0v) is 9.53. The van der Waals surface area contributed by atoms with Gasteiger partial charge < -0.3 is 30.0 Å². The van der Waals surface area contributed by atoms with Crippen molar-refractivity contribution in [1.82, 2.24) is 0 Å². The largest absolute Gasteiger partial charge is 2.00 e. The van der Waals surface area contributed by atoms with Gasteiger partial charge in [-0.15, -0.1) is 0 Å². The third kappa shape index (κ3) is 18.4. The maximum atomic E-state index is 9.04. The van der Waals surface area contributed by atoms with E-state index in [1.54, 1.807) is 0 Å². The number of rotatable bonds is 0. The summed E-state index contributed by atoms with van der Waals surface area (Å²) in [4.78, 5) is 36.1. The Kier molecular flexibility index (Phi) is 13.2. The van der Waals surface area contributed by atoms with Gasteiger partial charge in [-0.1, -0.05) is 0 Å². The number of aliphatic carboxylic acids is 4. The predicted octanol–water partition coefficient (Wildman–Crippen LogP) is -4.74. The number of carboxylic acid groups (broad SMARTS) is 4. The van der Waals surface area contributed by atoms with E-state index in [2.05, 4.69) is 0 Å². The quantitative estimate of drug-likeness (QED) is 0.327. The van der Waals surface area contributed by atoms with E-state index in [4.69, 9.17) is 39.6 Å². The monoisotopic (exact) mass is 266 g/mol. The molecule has 0 aromatic carbocycles. The number of carbonyl (C=O) groups is 4. The number of carbonyl (C=O) groups excluding carboxylic acids is 2. The summed E-state index contributed by atoms with van der Waals surface area (Å²) in [5.74, 6) is -8.02. The molecule has 0 aromatic heterocycles. The van der Waals surface area contributed by atoms with Crippen LogP contribution in [0.5, 0.6) is 0 Å². The van der Waals surface area contributed by atoms with Crippen LogP contribution in [0.4, 0.5) is 0 Å². The summed E-state index contributed by atoms with van der Waals surface area (Å²) in [7, 11) is 0. The van der Waals surface area contributed by atoms with Gasteiger partial charge >= 0.3 is 57.4 Å². The van der Waals surface area contributed by atoms with Crippen molar-refractivity contribution in [2.24, 2.45) is 0 Å². The normalized spacial score (nSPS) is 6.77. The van der Waals surface area contributed by atoms with Gasteiger partial charge in [0.05, 0.1) is 0 Å². The molecule has 8 nitrogen and oxygen atoms in total. The van der Waals surface area contributed by atoms with Crippen LogP contribution in [0.1, 0.15) is 0 Å². The van der Waals surface area contributed by atoms with Crippen LogP contribution >= 0.6 is 0 Å². The Morgan fingerprint density at radius 2 is 0.846 bits per heavy atom. The molecule has 2 N–H and O–H groups in total. The second-order valence-electron chi connectivity index (χ2n) is 1.19. The first kappa shape index (κ1) is 18.2. The molecule has 68 valence electrons. The van der Waals surface area contributed by atoms with Crippen molar-refractivity contribution in [1.29, 1.82) is 0 Å². The summed E-state index contributed by atoms with van der Waals surface area (Å²) in [5.41, 5.74) is 0. The van der Waals surface area contributed by atoms with Crippen molar-refractivity contribution in [3.63, 3.8) is 0 Å². The van der Waals surface area contributed by atoms with Crippen molar-refractivity contribution in [3.05, 3.63) is 0 Å². The van der Waals surface area contributed by atoms with Gasteiger partial charge in [0.15, 0.2) is 11.9 Å². The number of hydrogen-bond donors (Lipinski definition) is 2. The van der Waals surface area contributed by atoms with Crippen LogP contribution in [0.2, 0.25) is 0 Å². The van der Waals surface area contributed by atoms with E-state index in [0.717, 1.165) is 0 Å². The van der Waals surface area contributed by atoms with Gasteiger partial charge in [0.2, 0.25) is 0 Å². The van der Waals surface area contributed by atoms with Crippen molar-refractivity contribution >= 4 is 69.4 Å². The van der Waals surface area contributed by atoms with Crippen LogP contribution in [-0.2, 0) is 19.2 Å². The zero-order chi connectivity index (χ0) is 10.3. The van der Waals surface area contributed by atoms with Crippen LogP contribution < -0.4 is 10.2 Å². The van der Waals surface area contributed by atoms with E-state index in [1.807, 2.05) is 0 Å². The molecule has 0 rings (SSSR count). The first-order valence-electron chi connectivity index (χ1n) is 2.17. The molecule has 0 saturated heterocycles. The van der Waals surface area contributed by atoms with Gasteiger partial charge in [0, 0.05) is 0 Å². The fraction of sp³-hybridized carbons (Fsp3) is 0. The second-order valence-corrected chi connectivity index (χ2v) is 1.19. The molecular formula is C4H2O8Sr. The summed E-state index contributed by atoms with van der Waals surface area (Å²) in [6.07, 6.45) is 0. The molecule has 0 bridgehead atoms. The minimum atomic E-state index is -2.07. The summed E-state index contributed by atoms with van der Waals surface area (Å²) < 4.78 is 0. The van der Waals surface area contributed by atoms with Gasteiger partial charge in [0.25, 0.3) is 0 Å². The molecule has 9 heteroatoms. The molecule has 0 saturated carbocycles. The third-order valence-corrected chi connectivity index (χ3v) is 0.349. The van der Waals surface area contributed by atoms with Crippen molar-refractivity contribution in [2.45, 2.75) is 0 Å². The molecule has 0 atom stereocenters. The van der Waals surface area contributed by atoms with Gasteiger partial charge in [0.1, 0.15) is 0 Å². The summed E-state index contributed by atoms with van der Waals surface area (Å²) >= 11 is 0. The maximum absolute atomic E-state index is 9.04. The topological polar surface area (TPSA) is 155 Å². The Hall–Kier alpha value is -0.639. The fourth-order valence-electron chi connectivity index (χ4n) is 0. The van der Waals surface area contributed by atoms with Crippen LogP contribution in [0.3, 0.4) is 0 Å². The van der Waals surface area contributed by atoms with E-state index in [0.29, 0.717) is 0 Å². The second kappa shape index (κ2) is 9.45. The zero-order valence-electron chi connectivity index (χ0n) is 6.05. The Bertz CT molecular complexity index is 172. The minimum absolute atomic E-state index is 0. The molecule has 0 heterocycles. The molecule has 0 fully saturated rings. The van der Waals surface area contributed by atoms with E-state index in [-0.39, 0.29) is 45.5 Å². The van der Waals surface area contributed by atoms with Gasteiger partial charge in [-0.25, -0.2) is 9.59 Å². The Morgan fingerprint density at radius 1 is 0.769 bits per heavy atom. The van der Waals surface area contributed by atoms with Crippen molar-refractivity contribution in [3.8, 4) is 0 Å². The maximum Gasteiger partial charge on any atom is 2.00 e. The van der Waals surface area contributed by atoms with E-state index in [9.17, 15) is 0 Å². The molecule has 0 aliphatic carbocycles. The van der Waals surface area contributed by atoms with Crippen LogP contribution in [0.15, 0.2) is 0 Å². The molecule has 0 amide bonds. The molecular weight excluding hydrogens is 264 g/mol. The van der Waals surface area contributed by atoms with E-state index in [1.165, 1.54) is 0 Å².